The van der Waals surface area contributed by atoms with E-state index in [0.29, 0.717) is 19.5 Å². The van der Waals surface area contributed by atoms with Gasteiger partial charge in [0.1, 0.15) is 5.60 Å². The second kappa shape index (κ2) is 13.5. The van der Waals surface area contributed by atoms with Gasteiger partial charge in [0.15, 0.2) is 0 Å². The smallest absolute Gasteiger partial charge is 0.408 e. The summed E-state index contributed by atoms with van der Waals surface area (Å²) in [4.78, 5) is 41.4. The van der Waals surface area contributed by atoms with Crippen LogP contribution in [0.3, 0.4) is 0 Å². The molecule has 0 bridgehead atoms. The first-order valence-corrected chi connectivity index (χ1v) is 15.6. The highest BCUT2D eigenvalue weighted by atomic mass is 16.6. The molecule has 0 saturated carbocycles. The molecular weight excluding hydrogens is 540 g/mol. The predicted molar refractivity (Wildman–Crippen MR) is 171 cm³/mol. The highest BCUT2D eigenvalue weighted by Gasteiger charge is 2.51. The van der Waals surface area contributed by atoms with Crippen LogP contribution in [0.25, 0.3) is 0 Å². The Labute approximate surface area is 258 Å². The van der Waals surface area contributed by atoms with Crippen molar-refractivity contribution in [2.24, 2.45) is 17.6 Å². The zero-order valence-electron chi connectivity index (χ0n) is 27.5. The Balaban J connectivity index is 0.000000248. The normalized spacial score (nSPS) is 26.9. The molecule has 0 radical (unpaired) electrons. The minimum atomic E-state index is -0.642. The summed E-state index contributed by atoms with van der Waals surface area (Å²) >= 11 is 0. The third-order valence-electron chi connectivity index (χ3n) is 8.84. The molecule has 2 heterocycles. The van der Waals surface area contributed by atoms with Crippen LogP contribution in [0.15, 0.2) is 60.7 Å². The number of rotatable bonds is 7. The van der Waals surface area contributed by atoms with Crippen molar-refractivity contribution in [1.29, 1.82) is 0 Å². The molecule has 0 aliphatic carbocycles. The molecule has 43 heavy (non-hydrogen) atoms. The Kier molecular flexibility index (Phi) is 10.7. The van der Waals surface area contributed by atoms with E-state index in [9.17, 15) is 14.4 Å². The number of alkyl carbamates (subject to hydrolysis) is 1. The van der Waals surface area contributed by atoms with Gasteiger partial charge >= 0.3 is 6.09 Å². The number of benzene rings is 2. The Morgan fingerprint density at radius 1 is 0.860 bits per heavy atom. The van der Waals surface area contributed by atoms with Crippen molar-refractivity contribution >= 4 is 17.9 Å². The molecule has 0 spiro atoms. The van der Waals surface area contributed by atoms with E-state index in [1.165, 1.54) is 5.56 Å². The summed E-state index contributed by atoms with van der Waals surface area (Å²) in [5.41, 5.74) is 6.90. The van der Waals surface area contributed by atoms with Crippen LogP contribution in [0.2, 0.25) is 0 Å². The molecule has 3 N–H and O–H groups in total. The van der Waals surface area contributed by atoms with Crippen LogP contribution in [0.5, 0.6) is 0 Å². The van der Waals surface area contributed by atoms with Crippen LogP contribution in [0, 0.1) is 11.8 Å². The van der Waals surface area contributed by atoms with Crippen molar-refractivity contribution in [2.45, 2.75) is 104 Å². The van der Waals surface area contributed by atoms with Crippen molar-refractivity contribution in [1.82, 2.24) is 15.1 Å². The first kappa shape index (κ1) is 34.1. The largest absolute Gasteiger partial charge is 0.444 e. The number of nitrogens with zero attached hydrogens (tertiary/aromatic N) is 2. The van der Waals surface area contributed by atoms with Crippen molar-refractivity contribution in [3.05, 3.63) is 71.8 Å². The molecular formula is C35H52N4O4. The molecule has 8 heteroatoms. The fraction of sp³-hybridized carbons (Fsp3) is 0.571. The molecule has 4 unspecified atom stereocenters. The minimum absolute atomic E-state index is 0.0370. The van der Waals surface area contributed by atoms with Gasteiger partial charge < -0.3 is 25.6 Å². The average Bonchev–Trinajstić information content (AvgIpc) is 3.33. The van der Waals surface area contributed by atoms with Gasteiger partial charge in [-0.15, -0.1) is 0 Å². The monoisotopic (exact) mass is 592 g/mol. The van der Waals surface area contributed by atoms with Gasteiger partial charge in [-0.1, -0.05) is 74.5 Å². The Morgan fingerprint density at radius 2 is 1.28 bits per heavy atom. The highest BCUT2D eigenvalue weighted by molar-refractivity contribution is 5.85. The molecule has 236 valence electrons. The second-order valence-electron chi connectivity index (χ2n) is 13.6. The van der Waals surface area contributed by atoms with Crippen molar-refractivity contribution in [2.75, 3.05) is 13.1 Å². The quantitative estimate of drug-likeness (QED) is 0.396. The number of likely N-dealkylation sites (tertiary alicyclic amines) is 2. The minimum Gasteiger partial charge on any atom is -0.444 e. The molecule has 2 saturated heterocycles. The molecule has 2 aliphatic heterocycles. The third kappa shape index (κ3) is 7.96. The molecule has 3 amide bonds. The average molecular weight is 593 g/mol. The van der Waals surface area contributed by atoms with Crippen LogP contribution in [-0.4, -0.2) is 57.5 Å². The van der Waals surface area contributed by atoms with E-state index in [1.54, 1.807) is 0 Å². The number of carbonyl (C=O) groups is 3. The standard InChI is InChI=1S/C20H30N2O3.C15H22N2O/c1-7-16-17(23)22(14(2)15-11-9-8-10-12-15)13-20(16,6)21-18(24)25-19(3,4)5;1-4-13-14(18)17(10-15(13,3)16)11(2)12-8-6-5-7-9-12/h8-12,14,16H,7,13H2,1-6H3,(H,21,24);5-9,11,13H,4,10,16H2,1-3H3/t14-,16?,20?;11-,13?,15?/m11/s1. The molecule has 2 aliphatic rings. The number of nitrogens with one attached hydrogen (secondary N) is 1. The van der Waals surface area contributed by atoms with Gasteiger partial charge in [0.25, 0.3) is 0 Å². The van der Waals surface area contributed by atoms with Crippen LogP contribution in [0.4, 0.5) is 4.79 Å². The number of ether oxygens (including phenoxy) is 1. The van der Waals surface area contributed by atoms with E-state index >= 15 is 0 Å². The van der Waals surface area contributed by atoms with Gasteiger partial charge in [0.05, 0.1) is 29.5 Å². The summed E-state index contributed by atoms with van der Waals surface area (Å²) in [6.45, 7) is 18.6. The Morgan fingerprint density at radius 3 is 1.67 bits per heavy atom. The second-order valence-corrected chi connectivity index (χ2v) is 13.6. The van der Waals surface area contributed by atoms with Gasteiger partial charge in [-0.05, 0) is 72.4 Å². The van der Waals surface area contributed by atoms with Gasteiger partial charge in [-0.2, -0.15) is 0 Å². The first-order chi connectivity index (χ1) is 20.0. The highest BCUT2D eigenvalue weighted by Crippen LogP contribution is 2.37. The van der Waals surface area contributed by atoms with Crippen molar-refractivity contribution < 1.29 is 19.1 Å². The summed E-state index contributed by atoms with van der Waals surface area (Å²) in [7, 11) is 0. The van der Waals surface area contributed by atoms with E-state index in [1.807, 2.05) is 114 Å². The predicted octanol–water partition coefficient (Wildman–Crippen LogP) is 6.23. The zero-order chi connectivity index (χ0) is 32.2. The van der Waals surface area contributed by atoms with Crippen molar-refractivity contribution in [3.63, 3.8) is 0 Å². The molecule has 6 atom stereocenters. The van der Waals surface area contributed by atoms with Gasteiger partial charge in [0, 0.05) is 18.6 Å². The maximum absolute atomic E-state index is 13.0. The summed E-state index contributed by atoms with van der Waals surface area (Å²) < 4.78 is 5.39. The van der Waals surface area contributed by atoms with Crippen LogP contribution < -0.4 is 11.1 Å². The van der Waals surface area contributed by atoms with E-state index in [4.69, 9.17) is 10.5 Å². The van der Waals surface area contributed by atoms with E-state index in [2.05, 4.69) is 24.4 Å². The van der Waals surface area contributed by atoms with Crippen LogP contribution >= 0.6 is 0 Å². The topological polar surface area (TPSA) is 105 Å². The maximum Gasteiger partial charge on any atom is 0.408 e. The molecule has 4 rings (SSSR count). The van der Waals surface area contributed by atoms with Gasteiger partial charge in [-0.25, -0.2) is 4.79 Å². The zero-order valence-corrected chi connectivity index (χ0v) is 27.5. The lowest BCUT2D eigenvalue weighted by Crippen LogP contribution is -2.53. The fourth-order valence-electron chi connectivity index (χ4n) is 6.46. The number of nitrogens with two attached hydrogens (primary N) is 1. The van der Waals surface area contributed by atoms with E-state index in [-0.39, 0.29) is 35.7 Å². The number of carbonyl (C=O) groups excluding carboxylic acids is 3. The SMILES string of the molecule is CCC1C(=O)N([C@H](C)c2ccccc2)CC1(C)N.CCC1C(=O)N([C@H](C)c2ccccc2)CC1(C)NC(=O)OC(C)(C)C. The Hall–Kier alpha value is -3.39. The lowest BCUT2D eigenvalue weighted by molar-refractivity contribution is -0.133. The molecule has 8 nitrogen and oxygen atoms in total. The summed E-state index contributed by atoms with van der Waals surface area (Å²) in [5, 5.41) is 2.96. The number of hydrogen-bond donors (Lipinski definition) is 2. The molecule has 0 aromatic heterocycles. The summed E-state index contributed by atoms with van der Waals surface area (Å²) in [6, 6.07) is 20.1. The fourth-order valence-corrected chi connectivity index (χ4v) is 6.46. The Bertz CT molecular complexity index is 1240. The van der Waals surface area contributed by atoms with Crippen LogP contribution in [-0.2, 0) is 14.3 Å². The molecule has 2 aromatic rings. The van der Waals surface area contributed by atoms with Crippen molar-refractivity contribution in [3.8, 4) is 0 Å². The van der Waals surface area contributed by atoms with Crippen LogP contribution in [0.1, 0.15) is 98.4 Å². The number of amides is 3. The maximum atomic E-state index is 13.0. The van der Waals surface area contributed by atoms with Gasteiger partial charge in [0.2, 0.25) is 11.8 Å². The van der Waals surface area contributed by atoms with E-state index < -0.39 is 22.8 Å². The first-order valence-electron chi connectivity index (χ1n) is 15.6. The third-order valence-corrected chi connectivity index (χ3v) is 8.84. The summed E-state index contributed by atoms with van der Waals surface area (Å²) in [6.07, 6.45) is 1.00. The molecule has 2 aromatic carbocycles. The van der Waals surface area contributed by atoms with E-state index in [0.717, 1.165) is 12.0 Å². The van der Waals surface area contributed by atoms with Gasteiger partial charge in [-0.3, -0.25) is 9.59 Å². The molecule has 2 fully saturated rings. The lowest BCUT2D eigenvalue weighted by atomic mass is 9.87. The number of hydrogen-bond acceptors (Lipinski definition) is 5. The lowest BCUT2D eigenvalue weighted by Gasteiger charge is -2.32. The summed E-state index contributed by atoms with van der Waals surface area (Å²) in [5.74, 6) is -0.0360.